The molecule has 0 radical (unpaired) electrons. The van der Waals surface area contributed by atoms with E-state index in [-0.39, 0.29) is 11.7 Å². The molecule has 2 aromatic rings. The zero-order chi connectivity index (χ0) is 17.5. The topological polar surface area (TPSA) is 49.4 Å². The summed E-state index contributed by atoms with van der Waals surface area (Å²) in [6.07, 6.45) is 0.535. The molecule has 1 unspecified atom stereocenters. The van der Waals surface area contributed by atoms with E-state index in [4.69, 9.17) is 11.6 Å². The summed E-state index contributed by atoms with van der Waals surface area (Å²) in [6.45, 7) is 0.694. The Morgan fingerprint density at radius 1 is 1.00 bits per heavy atom. The first-order chi connectivity index (χ1) is 11.5. The van der Waals surface area contributed by atoms with Gasteiger partial charge in [0.05, 0.1) is 6.04 Å². The first-order valence-corrected chi connectivity index (χ1v) is 8.15. The molecule has 126 valence electrons. The van der Waals surface area contributed by atoms with Crippen molar-refractivity contribution >= 4 is 23.3 Å². The van der Waals surface area contributed by atoms with Crippen molar-refractivity contribution in [3.63, 3.8) is 0 Å². The molecule has 2 aromatic carbocycles. The number of ketones is 1. The van der Waals surface area contributed by atoms with Crippen molar-refractivity contribution in [1.29, 1.82) is 0 Å². The number of amides is 1. The zero-order valence-electron chi connectivity index (χ0n) is 13.8. The van der Waals surface area contributed by atoms with Gasteiger partial charge in [0.1, 0.15) is 0 Å². The van der Waals surface area contributed by atoms with Gasteiger partial charge in [0.15, 0.2) is 5.78 Å². The summed E-state index contributed by atoms with van der Waals surface area (Å²) in [5, 5.41) is 3.43. The van der Waals surface area contributed by atoms with Gasteiger partial charge in [-0.25, -0.2) is 0 Å². The first kappa shape index (κ1) is 18.2. The first-order valence-electron chi connectivity index (χ1n) is 7.78. The van der Waals surface area contributed by atoms with Crippen molar-refractivity contribution in [2.24, 2.45) is 0 Å². The van der Waals surface area contributed by atoms with Crippen LogP contribution in [0.15, 0.2) is 54.6 Å². The Balaban J connectivity index is 2.16. The van der Waals surface area contributed by atoms with Crippen molar-refractivity contribution in [2.75, 3.05) is 20.6 Å². The molecule has 0 heterocycles. The molecule has 0 aromatic heterocycles. The molecule has 0 spiro atoms. The van der Waals surface area contributed by atoms with Crippen LogP contribution in [-0.4, -0.2) is 43.3 Å². The average Bonchev–Trinajstić information content (AvgIpc) is 2.59. The minimum atomic E-state index is -0.582. The smallest absolute Gasteiger partial charge is 0.251 e. The lowest BCUT2D eigenvalue weighted by molar-refractivity contribution is 0.0848. The number of carbonyl (C=O) groups excluding carboxylic acids is 2. The minimum absolute atomic E-state index is 0.113. The SMILES string of the molecule is CN(C)CCC(NC(=O)c1ccccc1)C(=O)c1ccc(Cl)cc1. The van der Waals surface area contributed by atoms with E-state index in [1.54, 1.807) is 48.5 Å². The van der Waals surface area contributed by atoms with Gasteiger partial charge in [-0.15, -0.1) is 0 Å². The molecule has 1 atom stereocenters. The van der Waals surface area contributed by atoms with Crippen LogP contribution in [-0.2, 0) is 0 Å². The predicted molar refractivity (Wildman–Crippen MR) is 96.6 cm³/mol. The fourth-order valence-electron chi connectivity index (χ4n) is 2.30. The molecule has 0 fully saturated rings. The summed E-state index contributed by atoms with van der Waals surface area (Å²) in [5.41, 5.74) is 1.08. The van der Waals surface area contributed by atoms with Crippen LogP contribution in [0.5, 0.6) is 0 Å². The zero-order valence-corrected chi connectivity index (χ0v) is 14.6. The highest BCUT2D eigenvalue weighted by Gasteiger charge is 2.22. The number of carbonyl (C=O) groups is 2. The quantitative estimate of drug-likeness (QED) is 0.784. The van der Waals surface area contributed by atoms with Crippen molar-refractivity contribution in [2.45, 2.75) is 12.5 Å². The standard InChI is InChI=1S/C19H21ClN2O2/c1-22(2)13-12-17(18(23)14-8-10-16(20)11-9-14)21-19(24)15-6-4-3-5-7-15/h3-11,17H,12-13H2,1-2H3,(H,21,24). The van der Waals surface area contributed by atoms with Gasteiger partial charge in [0, 0.05) is 16.1 Å². The molecular formula is C19H21ClN2O2. The lowest BCUT2D eigenvalue weighted by atomic mass is 10.0. The number of rotatable bonds is 7. The van der Waals surface area contributed by atoms with E-state index in [1.165, 1.54) is 0 Å². The van der Waals surface area contributed by atoms with E-state index in [0.717, 1.165) is 0 Å². The molecule has 1 amide bonds. The fraction of sp³-hybridized carbons (Fsp3) is 0.263. The molecule has 5 heteroatoms. The van der Waals surface area contributed by atoms with Crippen molar-refractivity contribution < 1.29 is 9.59 Å². The lowest BCUT2D eigenvalue weighted by Gasteiger charge is -2.20. The highest BCUT2D eigenvalue weighted by molar-refractivity contribution is 6.30. The molecule has 2 rings (SSSR count). The fourth-order valence-corrected chi connectivity index (χ4v) is 2.43. The number of hydrogen-bond donors (Lipinski definition) is 1. The minimum Gasteiger partial charge on any atom is -0.342 e. The third-order valence-electron chi connectivity index (χ3n) is 3.65. The normalized spacial score (nSPS) is 12.0. The monoisotopic (exact) mass is 344 g/mol. The van der Waals surface area contributed by atoms with Crippen LogP contribution in [0.3, 0.4) is 0 Å². The van der Waals surface area contributed by atoms with Gasteiger partial charge < -0.3 is 10.2 Å². The van der Waals surface area contributed by atoms with E-state index in [9.17, 15) is 9.59 Å². The van der Waals surface area contributed by atoms with Crippen molar-refractivity contribution in [1.82, 2.24) is 10.2 Å². The Morgan fingerprint density at radius 2 is 1.62 bits per heavy atom. The molecule has 4 nitrogen and oxygen atoms in total. The predicted octanol–water partition coefficient (Wildman–Crippen LogP) is 3.27. The highest BCUT2D eigenvalue weighted by atomic mass is 35.5. The highest BCUT2D eigenvalue weighted by Crippen LogP contribution is 2.13. The second-order valence-electron chi connectivity index (χ2n) is 5.86. The average molecular weight is 345 g/mol. The number of nitrogens with one attached hydrogen (secondary N) is 1. The van der Waals surface area contributed by atoms with Gasteiger partial charge in [0.25, 0.3) is 5.91 Å². The number of benzene rings is 2. The molecule has 0 aliphatic carbocycles. The second-order valence-corrected chi connectivity index (χ2v) is 6.29. The second kappa shape index (κ2) is 8.62. The van der Waals surface area contributed by atoms with Gasteiger partial charge in [-0.05, 0) is 63.5 Å². The molecule has 0 bridgehead atoms. The molecule has 0 aliphatic heterocycles. The van der Waals surface area contributed by atoms with Crippen molar-refractivity contribution in [3.8, 4) is 0 Å². The van der Waals surface area contributed by atoms with Gasteiger partial charge >= 0.3 is 0 Å². The number of Topliss-reactive ketones (excluding diaryl/α,β-unsaturated/α-hetero) is 1. The van der Waals surface area contributed by atoms with Gasteiger partial charge in [-0.2, -0.15) is 0 Å². The molecule has 0 aliphatic rings. The summed E-state index contributed by atoms with van der Waals surface area (Å²) in [5.74, 6) is -0.362. The third kappa shape index (κ3) is 5.18. The number of nitrogens with zero attached hydrogens (tertiary/aromatic N) is 1. The Hall–Kier alpha value is -2.17. The van der Waals surface area contributed by atoms with Crippen LogP contribution in [0, 0.1) is 0 Å². The van der Waals surface area contributed by atoms with E-state index < -0.39 is 6.04 Å². The van der Waals surface area contributed by atoms with Crippen LogP contribution in [0.2, 0.25) is 5.02 Å². The summed E-state index contributed by atoms with van der Waals surface area (Å²) < 4.78 is 0. The third-order valence-corrected chi connectivity index (χ3v) is 3.90. The summed E-state index contributed by atoms with van der Waals surface area (Å²) in [4.78, 5) is 27.1. The molecule has 1 N–H and O–H groups in total. The van der Waals surface area contributed by atoms with Gasteiger partial charge in [0.2, 0.25) is 0 Å². The van der Waals surface area contributed by atoms with Crippen LogP contribution in [0.4, 0.5) is 0 Å². The molecule has 0 saturated carbocycles. The summed E-state index contributed by atoms with van der Waals surface area (Å²) in [6, 6.07) is 15.0. The number of hydrogen-bond acceptors (Lipinski definition) is 3. The Morgan fingerprint density at radius 3 is 2.21 bits per heavy atom. The van der Waals surface area contributed by atoms with E-state index >= 15 is 0 Å². The van der Waals surface area contributed by atoms with E-state index in [2.05, 4.69) is 5.32 Å². The molecular weight excluding hydrogens is 324 g/mol. The molecule has 0 saturated heterocycles. The lowest BCUT2D eigenvalue weighted by Crippen LogP contribution is -2.42. The van der Waals surface area contributed by atoms with E-state index in [0.29, 0.717) is 29.1 Å². The van der Waals surface area contributed by atoms with Crippen LogP contribution < -0.4 is 5.32 Å². The summed E-state index contributed by atoms with van der Waals surface area (Å²) in [7, 11) is 3.87. The molecule has 24 heavy (non-hydrogen) atoms. The Kier molecular flexibility index (Phi) is 6.53. The Bertz CT molecular complexity index is 684. The number of halogens is 1. The van der Waals surface area contributed by atoms with Crippen LogP contribution >= 0.6 is 11.6 Å². The van der Waals surface area contributed by atoms with Crippen LogP contribution in [0.25, 0.3) is 0 Å². The van der Waals surface area contributed by atoms with Gasteiger partial charge in [-0.1, -0.05) is 29.8 Å². The van der Waals surface area contributed by atoms with Gasteiger partial charge in [-0.3, -0.25) is 9.59 Å². The van der Waals surface area contributed by atoms with E-state index in [1.807, 2.05) is 25.1 Å². The maximum absolute atomic E-state index is 12.8. The maximum Gasteiger partial charge on any atom is 0.251 e. The summed E-state index contributed by atoms with van der Waals surface area (Å²) >= 11 is 5.88. The van der Waals surface area contributed by atoms with Crippen LogP contribution in [0.1, 0.15) is 27.1 Å². The Labute approximate surface area is 147 Å². The maximum atomic E-state index is 12.8. The largest absolute Gasteiger partial charge is 0.342 e. The van der Waals surface area contributed by atoms with Crippen molar-refractivity contribution in [3.05, 3.63) is 70.7 Å².